The highest BCUT2D eigenvalue weighted by molar-refractivity contribution is 7.89. The summed E-state index contributed by atoms with van der Waals surface area (Å²) in [5.41, 5.74) is 0.430. The number of thiophene rings is 1. The molecule has 2 heterocycles. The largest absolute Gasteiger partial charge is 0.295 e. The Bertz CT molecular complexity index is 789. The van der Waals surface area contributed by atoms with Crippen LogP contribution in [0, 0.1) is 0 Å². The van der Waals surface area contributed by atoms with Gasteiger partial charge in [0.1, 0.15) is 0 Å². The lowest BCUT2D eigenvalue weighted by Crippen LogP contribution is -2.37. The number of carbonyl (C=O) groups is 1. The molecular formula is C17H19NO3S2. The SMILES string of the molecule is CC(=O)c1cccc(S(=O)(=O)N2CCC(c3cccs3)CC2)c1. The fourth-order valence-electron chi connectivity index (χ4n) is 2.93. The third-order valence-electron chi connectivity index (χ3n) is 4.28. The van der Waals surface area contributed by atoms with Crippen molar-refractivity contribution in [1.82, 2.24) is 4.31 Å². The molecule has 6 heteroatoms. The summed E-state index contributed by atoms with van der Waals surface area (Å²) in [5, 5.41) is 2.06. The van der Waals surface area contributed by atoms with E-state index in [0.717, 1.165) is 12.8 Å². The van der Waals surface area contributed by atoms with Crippen LogP contribution in [0.1, 0.15) is 40.9 Å². The van der Waals surface area contributed by atoms with Crippen molar-refractivity contribution in [2.24, 2.45) is 0 Å². The summed E-state index contributed by atoms with van der Waals surface area (Å²) in [7, 11) is -3.53. The minimum Gasteiger partial charge on any atom is -0.295 e. The van der Waals surface area contributed by atoms with Crippen LogP contribution in [0.15, 0.2) is 46.7 Å². The van der Waals surface area contributed by atoms with Gasteiger partial charge in [-0.05, 0) is 49.3 Å². The van der Waals surface area contributed by atoms with Crippen LogP contribution in [0.3, 0.4) is 0 Å². The van der Waals surface area contributed by atoms with E-state index >= 15 is 0 Å². The summed E-state index contributed by atoms with van der Waals surface area (Å²) in [5.74, 6) is 0.323. The molecule has 1 aliphatic heterocycles. The van der Waals surface area contributed by atoms with Crippen LogP contribution in [0.4, 0.5) is 0 Å². The molecule has 3 rings (SSSR count). The van der Waals surface area contributed by atoms with Crippen LogP contribution in [-0.4, -0.2) is 31.6 Å². The van der Waals surface area contributed by atoms with E-state index in [1.54, 1.807) is 29.5 Å². The molecule has 2 aromatic rings. The van der Waals surface area contributed by atoms with Gasteiger partial charge in [-0.25, -0.2) is 8.42 Å². The molecule has 1 fully saturated rings. The molecule has 4 nitrogen and oxygen atoms in total. The van der Waals surface area contributed by atoms with Gasteiger partial charge in [0.2, 0.25) is 10.0 Å². The van der Waals surface area contributed by atoms with Gasteiger partial charge in [-0.3, -0.25) is 4.79 Å². The lowest BCUT2D eigenvalue weighted by Gasteiger charge is -2.30. The number of hydrogen-bond donors (Lipinski definition) is 0. The Kier molecular flexibility index (Phi) is 4.66. The highest BCUT2D eigenvalue weighted by Gasteiger charge is 2.30. The van der Waals surface area contributed by atoms with Crippen molar-refractivity contribution in [2.45, 2.75) is 30.6 Å². The predicted molar refractivity (Wildman–Crippen MR) is 91.5 cm³/mol. The fraction of sp³-hybridized carbons (Fsp3) is 0.353. The van der Waals surface area contributed by atoms with Gasteiger partial charge in [0.25, 0.3) is 0 Å². The first-order chi connectivity index (χ1) is 11.0. The zero-order chi connectivity index (χ0) is 16.4. The molecule has 1 aromatic carbocycles. The summed E-state index contributed by atoms with van der Waals surface area (Å²) in [6.07, 6.45) is 1.68. The molecule has 1 saturated heterocycles. The van der Waals surface area contributed by atoms with Crippen LogP contribution < -0.4 is 0 Å². The Morgan fingerprint density at radius 1 is 1.17 bits per heavy atom. The van der Waals surface area contributed by atoms with E-state index in [4.69, 9.17) is 0 Å². The number of ketones is 1. The van der Waals surface area contributed by atoms with Crippen LogP contribution >= 0.6 is 11.3 Å². The molecule has 0 saturated carbocycles. The first kappa shape index (κ1) is 16.4. The Morgan fingerprint density at radius 3 is 2.52 bits per heavy atom. The van der Waals surface area contributed by atoms with Crippen molar-refractivity contribution in [3.05, 3.63) is 52.2 Å². The number of carbonyl (C=O) groups excluding carboxylic acids is 1. The number of Topliss-reactive ketones (excluding diaryl/α,β-unsaturated/α-hetero) is 1. The first-order valence-corrected chi connectivity index (χ1v) is 9.95. The number of hydrogen-bond acceptors (Lipinski definition) is 4. The molecule has 0 spiro atoms. The van der Waals surface area contributed by atoms with Gasteiger partial charge >= 0.3 is 0 Å². The van der Waals surface area contributed by atoms with Crippen LogP contribution in [0.25, 0.3) is 0 Å². The molecule has 0 unspecified atom stereocenters. The zero-order valence-corrected chi connectivity index (χ0v) is 14.6. The smallest absolute Gasteiger partial charge is 0.243 e. The molecule has 1 aromatic heterocycles. The summed E-state index contributed by atoms with van der Waals surface area (Å²) in [6.45, 7) is 2.49. The monoisotopic (exact) mass is 349 g/mol. The summed E-state index contributed by atoms with van der Waals surface area (Å²) in [4.78, 5) is 13.0. The second-order valence-corrected chi connectivity index (χ2v) is 8.70. The van der Waals surface area contributed by atoms with Gasteiger partial charge in [-0.1, -0.05) is 18.2 Å². The standard InChI is InChI=1S/C17H19NO3S2/c1-13(19)15-4-2-5-16(12-15)23(20,21)18-9-7-14(8-10-18)17-6-3-11-22-17/h2-6,11-12,14H,7-10H2,1H3. The van der Waals surface area contributed by atoms with E-state index in [9.17, 15) is 13.2 Å². The van der Waals surface area contributed by atoms with Gasteiger partial charge in [-0.2, -0.15) is 4.31 Å². The summed E-state index contributed by atoms with van der Waals surface area (Å²) in [6, 6.07) is 10.5. The number of rotatable bonds is 4. The van der Waals surface area contributed by atoms with Crippen molar-refractivity contribution >= 4 is 27.1 Å². The predicted octanol–water partition coefficient (Wildman–Crippen LogP) is 3.52. The normalized spacial score (nSPS) is 17.3. The Morgan fingerprint density at radius 2 is 1.91 bits per heavy atom. The molecule has 0 N–H and O–H groups in total. The molecule has 23 heavy (non-hydrogen) atoms. The van der Waals surface area contributed by atoms with Crippen molar-refractivity contribution in [3.8, 4) is 0 Å². The number of piperidine rings is 1. The topological polar surface area (TPSA) is 54.5 Å². The Balaban J connectivity index is 1.76. The second kappa shape index (κ2) is 6.55. The molecule has 1 aliphatic rings. The number of sulfonamides is 1. The van der Waals surface area contributed by atoms with E-state index < -0.39 is 10.0 Å². The second-order valence-electron chi connectivity index (χ2n) is 5.78. The number of benzene rings is 1. The van der Waals surface area contributed by atoms with Crippen molar-refractivity contribution in [3.63, 3.8) is 0 Å². The van der Waals surface area contributed by atoms with Crippen LogP contribution in [-0.2, 0) is 10.0 Å². The first-order valence-electron chi connectivity index (χ1n) is 7.63. The van der Waals surface area contributed by atoms with Gasteiger partial charge < -0.3 is 0 Å². The average molecular weight is 349 g/mol. The maximum Gasteiger partial charge on any atom is 0.243 e. The summed E-state index contributed by atoms with van der Waals surface area (Å²) >= 11 is 1.73. The minimum atomic E-state index is -3.53. The summed E-state index contributed by atoms with van der Waals surface area (Å²) < 4.78 is 27.1. The van der Waals surface area contributed by atoms with Crippen LogP contribution in [0.5, 0.6) is 0 Å². The quantitative estimate of drug-likeness (QED) is 0.794. The lowest BCUT2D eigenvalue weighted by molar-refractivity contribution is 0.101. The fourth-order valence-corrected chi connectivity index (χ4v) is 5.34. The molecule has 0 bridgehead atoms. The third kappa shape index (κ3) is 3.39. The van der Waals surface area contributed by atoms with Crippen molar-refractivity contribution in [1.29, 1.82) is 0 Å². The molecule has 0 amide bonds. The van der Waals surface area contributed by atoms with E-state index in [1.165, 1.54) is 22.2 Å². The van der Waals surface area contributed by atoms with Gasteiger partial charge in [0.15, 0.2) is 5.78 Å². The van der Waals surface area contributed by atoms with E-state index in [2.05, 4.69) is 11.4 Å². The lowest BCUT2D eigenvalue weighted by atomic mass is 9.97. The molecule has 0 aliphatic carbocycles. The minimum absolute atomic E-state index is 0.126. The van der Waals surface area contributed by atoms with Crippen molar-refractivity contribution < 1.29 is 13.2 Å². The Hall–Kier alpha value is -1.50. The Labute approximate surface area is 140 Å². The average Bonchev–Trinajstić information content (AvgIpc) is 3.09. The van der Waals surface area contributed by atoms with E-state index in [0.29, 0.717) is 24.6 Å². The van der Waals surface area contributed by atoms with Gasteiger partial charge in [0, 0.05) is 23.5 Å². The maximum absolute atomic E-state index is 12.8. The van der Waals surface area contributed by atoms with Gasteiger partial charge in [0.05, 0.1) is 4.90 Å². The van der Waals surface area contributed by atoms with Crippen molar-refractivity contribution in [2.75, 3.05) is 13.1 Å². The highest BCUT2D eigenvalue weighted by Crippen LogP contribution is 2.33. The van der Waals surface area contributed by atoms with E-state index in [1.807, 2.05) is 6.07 Å². The molecule has 122 valence electrons. The zero-order valence-electron chi connectivity index (χ0n) is 12.9. The third-order valence-corrected chi connectivity index (χ3v) is 7.21. The maximum atomic E-state index is 12.8. The number of nitrogens with zero attached hydrogens (tertiary/aromatic N) is 1. The van der Waals surface area contributed by atoms with Crippen LogP contribution in [0.2, 0.25) is 0 Å². The molecule has 0 radical (unpaired) electrons. The molecular weight excluding hydrogens is 330 g/mol. The van der Waals surface area contributed by atoms with Gasteiger partial charge in [-0.15, -0.1) is 11.3 Å². The molecule has 0 atom stereocenters. The highest BCUT2D eigenvalue weighted by atomic mass is 32.2. The van der Waals surface area contributed by atoms with E-state index in [-0.39, 0.29) is 10.7 Å².